The normalized spacial score (nSPS) is 11.0. The molecule has 0 spiro atoms. The topological polar surface area (TPSA) is 57.3 Å². The highest BCUT2D eigenvalue weighted by Crippen LogP contribution is 2.18. The van der Waals surface area contributed by atoms with Gasteiger partial charge in [-0.3, -0.25) is 10.2 Å². The van der Waals surface area contributed by atoms with Crippen molar-refractivity contribution in [1.82, 2.24) is 9.88 Å². The van der Waals surface area contributed by atoms with Gasteiger partial charge in [-0.1, -0.05) is 17.7 Å². The number of aromatic nitrogens is 1. The van der Waals surface area contributed by atoms with Crippen LogP contribution in [0.2, 0.25) is 5.02 Å². The zero-order valence-electron chi connectivity index (χ0n) is 12.8. The van der Waals surface area contributed by atoms with E-state index in [0.717, 1.165) is 12.2 Å². The second kappa shape index (κ2) is 7.58. The lowest BCUT2D eigenvalue weighted by Crippen LogP contribution is -2.25. The van der Waals surface area contributed by atoms with Crippen molar-refractivity contribution in [3.8, 4) is 0 Å². The fraction of sp³-hybridized carbons (Fsp3) is 0.333. The fourth-order valence-electron chi connectivity index (χ4n) is 1.70. The van der Waals surface area contributed by atoms with Gasteiger partial charge in [-0.05, 0) is 39.1 Å². The summed E-state index contributed by atoms with van der Waals surface area (Å²) in [5.74, 6) is 0. The minimum Gasteiger partial charge on any atom is -0.308 e. The molecule has 0 fully saturated rings. The largest absolute Gasteiger partial charge is 0.325 e. The average Bonchev–Trinajstić information content (AvgIpc) is 2.85. The summed E-state index contributed by atoms with van der Waals surface area (Å²) in [6.45, 7) is 5.01. The molecule has 118 valence electrons. The minimum absolute atomic E-state index is 0.333. The number of thiazole rings is 1. The summed E-state index contributed by atoms with van der Waals surface area (Å²) >= 11 is 7.29. The van der Waals surface area contributed by atoms with Crippen LogP contribution >= 0.6 is 22.9 Å². The lowest BCUT2D eigenvalue weighted by molar-refractivity contribution is 0.261. The van der Waals surface area contributed by atoms with Crippen molar-refractivity contribution in [1.29, 1.82) is 0 Å². The van der Waals surface area contributed by atoms with Gasteiger partial charge >= 0.3 is 6.03 Å². The van der Waals surface area contributed by atoms with Crippen LogP contribution in [-0.4, -0.2) is 29.0 Å². The van der Waals surface area contributed by atoms with Gasteiger partial charge in [0.1, 0.15) is 0 Å². The van der Waals surface area contributed by atoms with Crippen molar-refractivity contribution >= 4 is 39.8 Å². The Hall–Kier alpha value is -1.63. The van der Waals surface area contributed by atoms with Crippen molar-refractivity contribution in [2.75, 3.05) is 17.7 Å². The molecule has 2 aromatic rings. The number of rotatable bonds is 5. The van der Waals surface area contributed by atoms with Gasteiger partial charge in [0, 0.05) is 28.7 Å². The monoisotopic (exact) mass is 338 g/mol. The van der Waals surface area contributed by atoms with E-state index < -0.39 is 0 Å². The number of urea groups is 1. The third-order valence-electron chi connectivity index (χ3n) is 3.15. The van der Waals surface area contributed by atoms with Crippen LogP contribution in [0.25, 0.3) is 0 Å². The van der Waals surface area contributed by atoms with Crippen LogP contribution in [0, 0.1) is 0 Å². The fourth-order valence-corrected chi connectivity index (χ4v) is 2.59. The van der Waals surface area contributed by atoms with E-state index in [1.807, 2.05) is 12.4 Å². The van der Waals surface area contributed by atoms with E-state index in [9.17, 15) is 4.79 Å². The Morgan fingerprint density at radius 2 is 2.18 bits per heavy atom. The maximum absolute atomic E-state index is 11.9. The number of nitrogens with zero attached hydrogens (tertiary/aromatic N) is 2. The van der Waals surface area contributed by atoms with E-state index in [1.54, 1.807) is 24.3 Å². The molecule has 0 aliphatic heterocycles. The summed E-state index contributed by atoms with van der Waals surface area (Å²) in [5.41, 5.74) is 1.58. The molecule has 0 unspecified atom stereocenters. The number of hydrogen-bond donors (Lipinski definition) is 2. The molecule has 0 saturated heterocycles. The smallest absolute Gasteiger partial charge is 0.308 e. The van der Waals surface area contributed by atoms with Crippen molar-refractivity contribution in [2.24, 2.45) is 0 Å². The Morgan fingerprint density at radius 3 is 2.86 bits per heavy atom. The zero-order valence-corrected chi connectivity index (χ0v) is 14.3. The average molecular weight is 339 g/mol. The highest BCUT2D eigenvalue weighted by molar-refractivity contribution is 7.13. The molecule has 0 bridgehead atoms. The van der Waals surface area contributed by atoms with E-state index in [1.165, 1.54) is 11.3 Å². The molecule has 5 nitrogen and oxygen atoms in total. The second-order valence-corrected chi connectivity index (χ2v) is 6.54. The Balaban J connectivity index is 1.91. The van der Waals surface area contributed by atoms with Crippen LogP contribution in [0.4, 0.5) is 15.6 Å². The highest BCUT2D eigenvalue weighted by atomic mass is 35.5. The molecule has 1 aromatic carbocycles. The van der Waals surface area contributed by atoms with Gasteiger partial charge in [-0.15, -0.1) is 11.3 Å². The molecule has 1 aromatic heterocycles. The van der Waals surface area contributed by atoms with Crippen molar-refractivity contribution < 1.29 is 4.79 Å². The molecule has 2 rings (SSSR count). The molecular weight excluding hydrogens is 320 g/mol. The first-order chi connectivity index (χ1) is 10.4. The van der Waals surface area contributed by atoms with E-state index in [2.05, 4.69) is 34.4 Å². The van der Waals surface area contributed by atoms with E-state index in [0.29, 0.717) is 21.9 Å². The molecule has 2 amide bonds. The molecule has 0 atom stereocenters. The summed E-state index contributed by atoms with van der Waals surface area (Å²) in [7, 11) is 2.04. The number of benzene rings is 1. The number of carbonyl (C=O) groups excluding carboxylic acids is 1. The molecule has 1 heterocycles. The first kappa shape index (κ1) is 16.7. The Kier molecular flexibility index (Phi) is 5.76. The molecule has 0 aliphatic carbocycles. The van der Waals surface area contributed by atoms with Crippen molar-refractivity contribution in [3.05, 3.63) is 40.4 Å². The zero-order chi connectivity index (χ0) is 16.1. The van der Waals surface area contributed by atoms with Crippen LogP contribution in [0.15, 0.2) is 29.6 Å². The number of hydrogen-bond acceptors (Lipinski definition) is 4. The molecule has 0 saturated carbocycles. The van der Waals surface area contributed by atoms with Crippen LogP contribution < -0.4 is 10.6 Å². The van der Waals surface area contributed by atoms with Crippen LogP contribution in [0.3, 0.4) is 0 Å². The van der Waals surface area contributed by atoms with Gasteiger partial charge in [0.2, 0.25) is 0 Å². The van der Waals surface area contributed by atoms with E-state index in [-0.39, 0.29) is 6.03 Å². The summed E-state index contributed by atoms with van der Waals surface area (Å²) in [6.07, 6.45) is 0. The molecule has 22 heavy (non-hydrogen) atoms. The van der Waals surface area contributed by atoms with Crippen LogP contribution in [-0.2, 0) is 6.54 Å². The van der Waals surface area contributed by atoms with Crippen LogP contribution in [0.1, 0.15) is 19.5 Å². The predicted octanol–water partition coefficient (Wildman–Crippen LogP) is 4.28. The third kappa shape index (κ3) is 4.98. The summed E-state index contributed by atoms with van der Waals surface area (Å²) < 4.78 is 0. The summed E-state index contributed by atoms with van der Waals surface area (Å²) in [5, 5.41) is 8.55. The maximum Gasteiger partial charge on any atom is 0.325 e. The second-order valence-electron chi connectivity index (χ2n) is 5.24. The van der Waals surface area contributed by atoms with Crippen molar-refractivity contribution in [2.45, 2.75) is 26.4 Å². The molecule has 0 aliphatic rings. The van der Waals surface area contributed by atoms with Gasteiger partial charge < -0.3 is 5.32 Å². The number of nitrogens with one attached hydrogen (secondary N) is 2. The van der Waals surface area contributed by atoms with Crippen LogP contribution in [0.5, 0.6) is 0 Å². The van der Waals surface area contributed by atoms with Gasteiger partial charge in [-0.2, -0.15) is 0 Å². The molecule has 2 N–H and O–H groups in total. The Bertz CT molecular complexity index is 644. The molecule has 0 radical (unpaired) electrons. The lowest BCUT2D eigenvalue weighted by atomic mass is 10.3. The lowest BCUT2D eigenvalue weighted by Gasteiger charge is -2.19. The Labute approximate surface area is 139 Å². The SMILES string of the molecule is CC(C)N(C)Cc1csc(NC(=O)Nc2cccc(Cl)c2)n1. The Morgan fingerprint density at radius 1 is 1.41 bits per heavy atom. The van der Waals surface area contributed by atoms with Gasteiger partial charge in [0.25, 0.3) is 0 Å². The standard InChI is InChI=1S/C15H19ClN4OS/c1-10(2)20(3)8-13-9-22-15(18-13)19-14(21)17-12-6-4-5-11(16)7-12/h4-7,9-10H,8H2,1-3H3,(H2,17,18,19,21). The summed E-state index contributed by atoms with van der Waals surface area (Å²) in [4.78, 5) is 18.5. The van der Waals surface area contributed by atoms with Gasteiger partial charge in [-0.25, -0.2) is 9.78 Å². The van der Waals surface area contributed by atoms with Gasteiger partial charge in [0.05, 0.1) is 5.69 Å². The first-order valence-electron chi connectivity index (χ1n) is 6.92. The minimum atomic E-state index is -0.333. The predicted molar refractivity (Wildman–Crippen MR) is 92.8 cm³/mol. The quantitative estimate of drug-likeness (QED) is 0.855. The number of anilines is 2. The first-order valence-corrected chi connectivity index (χ1v) is 8.18. The maximum atomic E-state index is 11.9. The summed E-state index contributed by atoms with van der Waals surface area (Å²) in [6, 6.07) is 7.11. The van der Waals surface area contributed by atoms with E-state index in [4.69, 9.17) is 11.6 Å². The molecule has 7 heteroatoms. The number of carbonyl (C=O) groups is 1. The molecular formula is C15H19ClN4OS. The third-order valence-corrected chi connectivity index (χ3v) is 4.19. The number of amides is 2. The van der Waals surface area contributed by atoms with Gasteiger partial charge in [0.15, 0.2) is 5.13 Å². The highest BCUT2D eigenvalue weighted by Gasteiger charge is 2.10. The number of halogens is 1. The van der Waals surface area contributed by atoms with E-state index >= 15 is 0 Å². The van der Waals surface area contributed by atoms with Crippen molar-refractivity contribution in [3.63, 3.8) is 0 Å².